The molecule has 0 aliphatic carbocycles. The molecular formula is C10H17N3O2S2. The maximum absolute atomic E-state index is 11.3. The first-order chi connectivity index (χ1) is 8.09. The topological polar surface area (TPSA) is 62.3 Å². The Bertz CT molecular complexity index is 456. The Morgan fingerprint density at radius 3 is 2.82 bits per heavy atom. The van der Waals surface area contributed by atoms with Crippen LogP contribution in [0.4, 0.5) is 0 Å². The van der Waals surface area contributed by atoms with Gasteiger partial charge in [-0.25, -0.2) is 13.4 Å². The van der Waals surface area contributed by atoms with E-state index >= 15 is 0 Å². The molecule has 0 radical (unpaired) electrons. The van der Waals surface area contributed by atoms with Gasteiger partial charge in [0.25, 0.3) is 0 Å². The van der Waals surface area contributed by atoms with Crippen molar-refractivity contribution in [3.8, 4) is 0 Å². The van der Waals surface area contributed by atoms with Crippen molar-refractivity contribution in [2.24, 2.45) is 0 Å². The summed E-state index contributed by atoms with van der Waals surface area (Å²) in [5.41, 5.74) is 1.04. The van der Waals surface area contributed by atoms with Crippen LogP contribution in [-0.4, -0.2) is 49.9 Å². The van der Waals surface area contributed by atoms with Crippen molar-refractivity contribution in [3.63, 3.8) is 0 Å². The summed E-state index contributed by atoms with van der Waals surface area (Å²) < 4.78 is 22.6. The summed E-state index contributed by atoms with van der Waals surface area (Å²) in [7, 11) is -0.881. The zero-order chi connectivity index (χ0) is 12.3. The van der Waals surface area contributed by atoms with E-state index in [0.717, 1.165) is 23.8 Å². The van der Waals surface area contributed by atoms with Crippen LogP contribution in [-0.2, 0) is 22.9 Å². The minimum absolute atomic E-state index is 0.278. The van der Waals surface area contributed by atoms with Crippen LogP contribution in [0.15, 0.2) is 5.38 Å². The molecule has 0 unspecified atom stereocenters. The fourth-order valence-electron chi connectivity index (χ4n) is 1.79. The van der Waals surface area contributed by atoms with E-state index in [1.54, 1.807) is 11.3 Å². The Hall–Kier alpha value is -0.500. The van der Waals surface area contributed by atoms with Gasteiger partial charge in [-0.05, 0) is 7.05 Å². The highest BCUT2D eigenvalue weighted by atomic mass is 32.2. The highest BCUT2D eigenvalue weighted by Gasteiger charge is 2.21. The first kappa shape index (κ1) is 12.9. The number of aromatic nitrogens is 1. The van der Waals surface area contributed by atoms with Gasteiger partial charge in [0.15, 0.2) is 9.84 Å². The van der Waals surface area contributed by atoms with Crippen molar-refractivity contribution in [3.05, 3.63) is 16.1 Å². The zero-order valence-corrected chi connectivity index (χ0v) is 11.5. The maximum atomic E-state index is 11.3. The number of nitrogens with one attached hydrogen (secondary N) is 1. The molecule has 17 heavy (non-hydrogen) atoms. The lowest BCUT2D eigenvalue weighted by Gasteiger charge is -2.25. The van der Waals surface area contributed by atoms with Crippen molar-refractivity contribution in [2.75, 3.05) is 31.6 Å². The largest absolute Gasteiger partial charge is 0.314 e. The van der Waals surface area contributed by atoms with E-state index in [0.29, 0.717) is 13.1 Å². The predicted molar refractivity (Wildman–Crippen MR) is 68.8 cm³/mol. The second-order valence-corrected chi connectivity index (χ2v) is 7.44. The van der Waals surface area contributed by atoms with Gasteiger partial charge in [0.05, 0.1) is 17.2 Å². The molecule has 0 bridgehead atoms. The molecule has 1 fully saturated rings. The third kappa shape index (κ3) is 3.74. The number of hydrogen-bond acceptors (Lipinski definition) is 6. The number of thiazole rings is 1. The van der Waals surface area contributed by atoms with E-state index in [1.807, 2.05) is 7.05 Å². The average molecular weight is 275 g/mol. The van der Waals surface area contributed by atoms with Crippen molar-refractivity contribution >= 4 is 21.2 Å². The molecule has 1 N–H and O–H groups in total. The lowest BCUT2D eigenvalue weighted by Crippen LogP contribution is -2.39. The van der Waals surface area contributed by atoms with Crippen molar-refractivity contribution < 1.29 is 8.42 Å². The monoisotopic (exact) mass is 275 g/mol. The summed E-state index contributed by atoms with van der Waals surface area (Å²) in [4.78, 5) is 6.65. The van der Waals surface area contributed by atoms with Gasteiger partial charge in [0.1, 0.15) is 5.01 Å². The van der Waals surface area contributed by atoms with Crippen molar-refractivity contribution in [1.82, 2.24) is 15.2 Å². The predicted octanol–water partition coefficient (Wildman–Crippen LogP) is 0.0929. The molecule has 1 aromatic rings. The summed E-state index contributed by atoms with van der Waals surface area (Å²) in [6.45, 7) is 2.80. The quantitative estimate of drug-likeness (QED) is 0.844. The molecule has 1 aliphatic heterocycles. The fourth-order valence-corrected chi connectivity index (χ4v) is 3.87. The molecule has 7 heteroatoms. The fraction of sp³-hybridized carbons (Fsp3) is 0.700. The van der Waals surface area contributed by atoms with Crippen LogP contribution in [0.2, 0.25) is 0 Å². The van der Waals surface area contributed by atoms with Gasteiger partial charge < -0.3 is 5.32 Å². The Kier molecular flexibility index (Phi) is 4.13. The minimum Gasteiger partial charge on any atom is -0.314 e. The molecule has 1 aromatic heterocycles. The van der Waals surface area contributed by atoms with Gasteiger partial charge >= 0.3 is 0 Å². The average Bonchev–Trinajstić information content (AvgIpc) is 2.70. The smallest absolute Gasteiger partial charge is 0.152 e. The molecule has 1 aliphatic rings. The number of nitrogens with zero attached hydrogens (tertiary/aromatic N) is 2. The number of hydrogen-bond donors (Lipinski definition) is 1. The van der Waals surface area contributed by atoms with E-state index in [-0.39, 0.29) is 11.5 Å². The minimum atomic E-state index is -2.78. The van der Waals surface area contributed by atoms with Gasteiger partial charge in [-0.15, -0.1) is 11.3 Å². The second-order valence-electron chi connectivity index (χ2n) is 4.19. The van der Waals surface area contributed by atoms with Crippen molar-refractivity contribution in [1.29, 1.82) is 0 Å². The van der Waals surface area contributed by atoms with E-state index in [2.05, 4.69) is 20.6 Å². The highest BCUT2D eigenvalue weighted by molar-refractivity contribution is 7.91. The van der Waals surface area contributed by atoms with Gasteiger partial charge in [0.2, 0.25) is 0 Å². The molecule has 0 saturated carbocycles. The molecule has 0 amide bonds. The Morgan fingerprint density at radius 1 is 1.47 bits per heavy atom. The standard InChI is InChI=1S/C10H17N3O2S2/c1-11-6-10-12-9(8-16-10)7-13-2-4-17(14,15)5-3-13/h8,11H,2-7H2,1H3. The van der Waals surface area contributed by atoms with Crippen LogP contribution >= 0.6 is 11.3 Å². The van der Waals surface area contributed by atoms with Crippen LogP contribution in [0.1, 0.15) is 10.7 Å². The van der Waals surface area contributed by atoms with E-state index in [4.69, 9.17) is 0 Å². The summed E-state index contributed by atoms with van der Waals surface area (Å²) >= 11 is 1.64. The summed E-state index contributed by atoms with van der Waals surface area (Å²) in [6.07, 6.45) is 0. The Labute approximate surface area is 106 Å². The number of rotatable bonds is 4. The summed E-state index contributed by atoms with van der Waals surface area (Å²) in [6, 6.07) is 0. The Balaban J connectivity index is 1.88. The van der Waals surface area contributed by atoms with Gasteiger partial charge in [-0.1, -0.05) is 0 Å². The highest BCUT2D eigenvalue weighted by Crippen LogP contribution is 2.13. The molecular weight excluding hydrogens is 258 g/mol. The van der Waals surface area contributed by atoms with Crippen LogP contribution < -0.4 is 5.32 Å². The van der Waals surface area contributed by atoms with Crippen LogP contribution in [0.5, 0.6) is 0 Å². The molecule has 0 atom stereocenters. The maximum Gasteiger partial charge on any atom is 0.152 e. The zero-order valence-electron chi connectivity index (χ0n) is 9.85. The van der Waals surface area contributed by atoms with Crippen molar-refractivity contribution in [2.45, 2.75) is 13.1 Å². The van der Waals surface area contributed by atoms with E-state index in [9.17, 15) is 8.42 Å². The third-order valence-corrected chi connectivity index (χ3v) is 5.26. The lowest BCUT2D eigenvalue weighted by atomic mass is 10.4. The molecule has 5 nitrogen and oxygen atoms in total. The lowest BCUT2D eigenvalue weighted by molar-refractivity contribution is 0.284. The molecule has 96 valence electrons. The van der Waals surface area contributed by atoms with Gasteiger partial charge in [0, 0.05) is 31.6 Å². The third-order valence-electron chi connectivity index (χ3n) is 2.75. The van der Waals surface area contributed by atoms with Gasteiger partial charge in [-0.2, -0.15) is 0 Å². The number of sulfone groups is 1. The molecule has 2 heterocycles. The first-order valence-corrected chi connectivity index (χ1v) is 8.30. The van der Waals surface area contributed by atoms with E-state index in [1.165, 1.54) is 0 Å². The molecule has 2 rings (SSSR count). The molecule has 1 saturated heterocycles. The van der Waals surface area contributed by atoms with Crippen LogP contribution in [0.25, 0.3) is 0 Å². The molecule has 0 spiro atoms. The molecule has 0 aromatic carbocycles. The van der Waals surface area contributed by atoms with Crippen LogP contribution in [0.3, 0.4) is 0 Å². The second kappa shape index (κ2) is 5.43. The summed E-state index contributed by atoms with van der Waals surface area (Å²) in [5, 5.41) is 6.19. The van der Waals surface area contributed by atoms with Gasteiger partial charge in [-0.3, -0.25) is 4.90 Å². The first-order valence-electron chi connectivity index (χ1n) is 5.60. The van der Waals surface area contributed by atoms with Crippen LogP contribution in [0, 0.1) is 0 Å². The summed E-state index contributed by atoms with van der Waals surface area (Å²) in [5.74, 6) is 0.557. The SMILES string of the molecule is CNCc1nc(CN2CCS(=O)(=O)CC2)cs1. The Morgan fingerprint density at radius 2 is 2.18 bits per heavy atom. The van der Waals surface area contributed by atoms with E-state index < -0.39 is 9.84 Å². The normalized spacial score (nSPS) is 20.5.